The van der Waals surface area contributed by atoms with Crippen LogP contribution in [0.2, 0.25) is 0 Å². The van der Waals surface area contributed by atoms with Crippen LogP contribution in [0.1, 0.15) is 12.8 Å². The Labute approximate surface area is 82.1 Å². The fourth-order valence-corrected chi connectivity index (χ4v) is 2.86. The summed E-state index contributed by atoms with van der Waals surface area (Å²) in [6.45, 7) is 1.32. The predicted molar refractivity (Wildman–Crippen MR) is 51.7 cm³/mol. The third-order valence-electron chi connectivity index (χ3n) is 1.63. The normalized spacial score (nSPS) is 21.0. The minimum absolute atomic E-state index is 0.189. The van der Waals surface area contributed by atoms with Crippen LogP contribution < -0.4 is 15.3 Å². The SMILES string of the molecule is O=C(CCCl)NP1(=O)NCCCN1. The van der Waals surface area contributed by atoms with Gasteiger partial charge in [0.2, 0.25) is 5.91 Å². The van der Waals surface area contributed by atoms with Gasteiger partial charge >= 0.3 is 7.59 Å². The smallest absolute Gasteiger partial charge is 0.283 e. The van der Waals surface area contributed by atoms with Crippen LogP contribution >= 0.6 is 19.2 Å². The number of carbonyl (C=O) groups excluding carboxylic acids is 1. The largest absolute Gasteiger partial charge is 0.305 e. The number of nitrogens with one attached hydrogen (secondary N) is 3. The van der Waals surface area contributed by atoms with Crippen LogP contribution in [-0.2, 0) is 9.36 Å². The standard InChI is InChI=1S/C6H13ClN3O2P/c7-3-2-6(11)10-13(12)8-4-1-5-9-13/h1-5H2,(H3,8,9,10,11,12). The van der Waals surface area contributed by atoms with E-state index in [1.807, 2.05) is 0 Å². The molecular weight excluding hydrogens is 213 g/mol. The molecular formula is C6H13ClN3O2P. The highest BCUT2D eigenvalue weighted by atomic mass is 35.5. The van der Waals surface area contributed by atoms with Crippen molar-refractivity contribution >= 4 is 25.1 Å². The maximum atomic E-state index is 11.7. The van der Waals surface area contributed by atoms with Gasteiger partial charge in [0.15, 0.2) is 0 Å². The van der Waals surface area contributed by atoms with E-state index < -0.39 is 7.59 Å². The molecule has 3 N–H and O–H groups in total. The first kappa shape index (κ1) is 11.0. The van der Waals surface area contributed by atoms with Crippen LogP contribution in [-0.4, -0.2) is 24.9 Å². The van der Waals surface area contributed by atoms with Crippen LogP contribution in [0, 0.1) is 0 Å². The Balaban J connectivity index is 2.41. The first-order chi connectivity index (χ1) is 6.16. The third kappa shape index (κ3) is 3.65. The van der Waals surface area contributed by atoms with Gasteiger partial charge in [-0.1, -0.05) is 0 Å². The second kappa shape index (κ2) is 4.96. The number of amides is 1. The van der Waals surface area contributed by atoms with Gasteiger partial charge in [0.25, 0.3) is 0 Å². The van der Waals surface area contributed by atoms with Crippen molar-refractivity contribution in [1.82, 2.24) is 15.3 Å². The van der Waals surface area contributed by atoms with E-state index in [2.05, 4.69) is 15.3 Å². The molecule has 1 amide bonds. The molecule has 0 atom stereocenters. The average molecular weight is 226 g/mol. The predicted octanol–water partition coefficient (Wildman–Crippen LogP) is 0.422. The molecule has 0 spiro atoms. The van der Waals surface area contributed by atoms with Gasteiger partial charge in [-0.15, -0.1) is 11.6 Å². The lowest BCUT2D eigenvalue weighted by molar-refractivity contribution is -0.119. The second-order valence-corrected chi connectivity index (χ2v) is 5.21. The monoisotopic (exact) mass is 225 g/mol. The number of rotatable bonds is 3. The number of hydrogen-bond acceptors (Lipinski definition) is 2. The van der Waals surface area contributed by atoms with Gasteiger partial charge in [-0.25, -0.2) is 10.2 Å². The molecule has 0 aliphatic carbocycles. The van der Waals surface area contributed by atoms with E-state index in [4.69, 9.17) is 11.6 Å². The molecule has 1 saturated heterocycles. The number of hydrogen-bond donors (Lipinski definition) is 3. The Morgan fingerprint density at radius 1 is 1.46 bits per heavy atom. The Bertz CT molecular complexity index is 226. The van der Waals surface area contributed by atoms with Crippen LogP contribution in [0.4, 0.5) is 0 Å². The van der Waals surface area contributed by atoms with Crippen molar-refractivity contribution in [2.75, 3.05) is 19.0 Å². The number of alkyl halides is 1. The summed E-state index contributed by atoms with van der Waals surface area (Å²) < 4.78 is 11.7. The minimum atomic E-state index is -2.86. The first-order valence-electron chi connectivity index (χ1n) is 4.14. The van der Waals surface area contributed by atoms with Crippen molar-refractivity contribution in [2.45, 2.75) is 12.8 Å². The van der Waals surface area contributed by atoms with E-state index in [0.29, 0.717) is 13.1 Å². The summed E-state index contributed by atoms with van der Waals surface area (Å²) in [7, 11) is -2.86. The third-order valence-corrected chi connectivity index (χ3v) is 3.72. The molecule has 0 unspecified atom stereocenters. The molecule has 1 rings (SSSR count). The van der Waals surface area contributed by atoms with Gasteiger partial charge in [0.1, 0.15) is 0 Å². The van der Waals surface area contributed by atoms with Crippen LogP contribution in [0.25, 0.3) is 0 Å². The quantitative estimate of drug-likeness (QED) is 0.481. The molecule has 1 heterocycles. The van der Waals surface area contributed by atoms with E-state index in [9.17, 15) is 9.36 Å². The number of carbonyl (C=O) groups is 1. The zero-order valence-electron chi connectivity index (χ0n) is 7.18. The molecule has 13 heavy (non-hydrogen) atoms. The number of halogens is 1. The van der Waals surface area contributed by atoms with E-state index in [1.54, 1.807) is 0 Å². The van der Waals surface area contributed by atoms with E-state index >= 15 is 0 Å². The van der Waals surface area contributed by atoms with Crippen molar-refractivity contribution in [3.63, 3.8) is 0 Å². The van der Waals surface area contributed by atoms with E-state index in [0.717, 1.165) is 6.42 Å². The molecule has 1 fully saturated rings. The van der Waals surface area contributed by atoms with Gasteiger partial charge in [0.05, 0.1) is 0 Å². The molecule has 0 aromatic rings. The highest BCUT2D eigenvalue weighted by molar-refractivity contribution is 7.58. The fourth-order valence-electron chi connectivity index (χ4n) is 1.01. The van der Waals surface area contributed by atoms with Crippen molar-refractivity contribution in [2.24, 2.45) is 0 Å². The van der Waals surface area contributed by atoms with Gasteiger partial charge in [-0.05, 0) is 6.42 Å². The Hall–Kier alpha value is -0.0900. The Morgan fingerprint density at radius 3 is 2.62 bits per heavy atom. The van der Waals surface area contributed by atoms with E-state index in [1.165, 1.54) is 0 Å². The topological polar surface area (TPSA) is 70.2 Å². The summed E-state index contributed by atoms with van der Waals surface area (Å²) in [4.78, 5) is 11.1. The lowest BCUT2D eigenvalue weighted by Gasteiger charge is -2.25. The molecule has 1 aliphatic heterocycles. The van der Waals surface area contributed by atoms with Gasteiger partial charge < -0.3 is 0 Å². The minimum Gasteiger partial charge on any atom is -0.283 e. The second-order valence-electron chi connectivity index (χ2n) is 2.75. The molecule has 7 heteroatoms. The average Bonchev–Trinajstić information content (AvgIpc) is 2.04. The molecule has 0 saturated carbocycles. The van der Waals surface area contributed by atoms with Gasteiger partial charge in [0, 0.05) is 25.4 Å². The molecule has 0 aromatic heterocycles. The van der Waals surface area contributed by atoms with Crippen LogP contribution in [0.5, 0.6) is 0 Å². The molecule has 0 aromatic carbocycles. The highest BCUT2D eigenvalue weighted by Crippen LogP contribution is 2.32. The highest BCUT2D eigenvalue weighted by Gasteiger charge is 2.25. The molecule has 1 aliphatic rings. The lowest BCUT2D eigenvalue weighted by atomic mass is 10.4. The maximum absolute atomic E-state index is 11.7. The summed E-state index contributed by atoms with van der Waals surface area (Å²) in [5.41, 5.74) is 0. The van der Waals surface area contributed by atoms with Gasteiger partial charge in [-0.2, -0.15) is 0 Å². The zero-order valence-corrected chi connectivity index (χ0v) is 8.83. The fraction of sp³-hybridized carbons (Fsp3) is 0.833. The Morgan fingerprint density at radius 2 is 2.08 bits per heavy atom. The molecule has 5 nitrogen and oxygen atoms in total. The zero-order chi connectivity index (χ0) is 9.73. The Kier molecular flexibility index (Phi) is 4.19. The summed E-state index contributed by atoms with van der Waals surface area (Å²) >= 11 is 5.37. The summed E-state index contributed by atoms with van der Waals surface area (Å²) in [5, 5.41) is 7.91. The van der Waals surface area contributed by atoms with Crippen LogP contribution in [0.3, 0.4) is 0 Å². The van der Waals surface area contributed by atoms with Crippen molar-refractivity contribution in [3.8, 4) is 0 Å². The molecule has 0 bridgehead atoms. The first-order valence-corrected chi connectivity index (χ1v) is 6.38. The molecule has 0 radical (unpaired) electrons. The summed E-state index contributed by atoms with van der Waals surface area (Å²) in [6, 6.07) is 0. The van der Waals surface area contributed by atoms with E-state index in [-0.39, 0.29) is 18.2 Å². The summed E-state index contributed by atoms with van der Waals surface area (Å²) in [6.07, 6.45) is 1.10. The van der Waals surface area contributed by atoms with Crippen molar-refractivity contribution in [1.29, 1.82) is 0 Å². The lowest BCUT2D eigenvalue weighted by Crippen LogP contribution is -2.40. The summed E-state index contributed by atoms with van der Waals surface area (Å²) in [5.74, 6) is -0.0496. The maximum Gasteiger partial charge on any atom is 0.305 e. The van der Waals surface area contributed by atoms with Crippen LogP contribution in [0.15, 0.2) is 0 Å². The van der Waals surface area contributed by atoms with Crippen molar-refractivity contribution < 1.29 is 9.36 Å². The van der Waals surface area contributed by atoms with Gasteiger partial charge in [-0.3, -0.25) is 14.4 Å². The van der Waals surface area contributed by atoms with Crippen molar-refractivity contribution in [3.05, 3.63) is 0 Å². The molecule has 76 valence electrons.